The van der Waals surface area contributed by atoms with Gasteiger partial charge in [-0.25, -0.2) is 4.39 Å². The highest BCUT2D eigenvalue weighted by molar-refractivity contribution is 5.46. The van der Waals surface area contributed by atoms with Gasteiger partial charge in [-0.2, -0.15) is 0 Å². The fraction of sp³-hybridized carbons (Fsp3) is 0.600. The van der Waals surface area contributed by atoms with Crippen LogP contribution in [0.4, 0.5) is 10.1 Å². The SMILES string of the molecule is CCN(CC1CCNC(C)C1)c1cccc(F)c1. The Hall–Kier alpha value is -1.09. The van der Waals surface area contributed by atoms with Crippen LogP contribution in [0.3, 0.4) is 0 Å². The van der Waals surface area contributed by atoms with E-state index in [2.05, 4.69) is 24.1 Å². The summed E-state index contributed by atoms with van der Waals surface area (Å²) in [5, 5.41) is 3.47. The first-order chi connectivity index (χ1) is 8.69. The van der Waals surface area contributed by atoms with E-state index in [9.17, 15) is 4.39 Å². The van der Waals surface area contributed by atoms with Crippen molar-refractivity contribution in [2.45, 2.75) is 32.7 Å². The number of hydrogen-bond acceptors (Lipinski definition) is 2. The maximum atomic E-state index is 13.3. The standard InChI is InChI=1S/C15H23FN2/c1-3-18(15-6-4-5-14(16)10-15)11-13-7-8-17-12(2)9-13/h4-6,10,12-13,17H,3,7-9,11H2,1-2H3. The van der Waals surface area contributed by atoms with E-state index < -0.39 is 0 Å². The number of halogens is 1. The van der Waals surface area contributed by atoms with Crippen molar-refractivity contribution in [3.8, 4) is 0 Å². The predicted molar refractivity (Wildman–Crippen MR) is 74.5 cm³/mol. The Labute approximate surface area is 109 Å². The van der Waals surface area contributed by atoms with Crippen LogP contribution in [-0.4, -0.2) is 25.7 Å². The van der Waals surface area contributed by atoms with Gasteiger partial charge in [0.15, 0.2) is 0 Å². The molecule has 3 heteroatoms. The Balaban J connectivity index is 2.00. The van der Waals surface area contributed by atoms with Crippen LogP contribution in [0.15, 0.2) is 24.3 Å². The van der Waals surface area contributed by atoms with Crippen molar-refractivity contribution in [1.82, 2.24) is 5.32 Å². The first kappa shape index (κ1) is 13.3. The molecule has 2 unspecified atom stereocenters. The summed E-state index contributed by atoms with van der Waals surface area (Å²) < 4.78 is 13.3. The summed E-state index contributed by atoms with van der Waals surface area (Å²) in [6.07, 6.45) is 2.43. The van der Waals surface area contributed by atoms with E-state index in [1.54, 1.807) is 12.1 Å². The fourth-order valence-corrected chi connectivity index (χ4v) is 2.80. The molecule has 1 fully saturated rings. The Morgan fingerprint density at radius 3 is 2.94 bits per heavy atom. The molecule has 100 valence electrons. The van der Waals surface area contributed by atoms with Crippen molar-refractivity contribution in [2.24, 2.45) is 5.92 Å². The molecule has 0 aromatic heterocycles. The maximum Gasteiger partial charge on any atom is 0.125 e. The van der Waals surface area contributed by atoms with Crippen LogP contribution in [-0.2, 0) is 0 Å². The average molecular weight is 250 g/mol. The Morgan fingerprint density at radius 2 is 2.28 bits per heavy atom. The van der Waals surface area contributed by atoms with E-state index in [1.165, 1.54) is 18.9 Å². The van der Waals surface area contributed by atoms with Crippen LogP contribution < -0.4 is 10.2 Å². The van der Waals surface area contributed by atoms with E-state index in [4.69, 9.17) is 0 Å². The third-order valence-corrected chi connectivity index (χ3v) is 3.77. The highest BCUT2D eigenvalue weighted by Gasteiger charge is 2.20. The van der Waals surface area contributed by atoms with E-state index in [0.29, 0.717) is 12.0 Å². The van der Waals surface area contributed by atoms with Gasteiger partial charge in [-0.05, 0) is 57.4 Å². The molecule has 2 nitrogen and oxygen atoms in total. The first-order valence-electron chi connectivity index (χ1n) is 6.93. The molecule has 0 saturated carbocycles. The molecular weight excluding hydrogens is 227 g/mol. The van der Waals surface area contributed by atoms with Gasteiger partial charge in [-0.15, -0.1) is 0 Å². The second-order valence-corrected chi connectivity index (χ2v) is 5.26. The second-order valence-electron chi connectivity index (χ2n) is 5.26. The molecule has 2 atom stereocenters. The van der Waals surface area contributed by atoms with E-state index >= 15 is 0 Å². The number of benzene rings is 1. The van der Waals surface area contributed by atoms with Crippen molar-refractivity contribution in [1.29, 1.82) is 0 Å². The molecular formula is C15H23FN2. The van der Waals surface area contributed by atoms with Crippen molar-refractivity contribution in [2.75, 3.05) is 24.5 Å². The molecule has 1 aliphatic heterocycles. The lowest BCUT2D eigenvalue weighted by atomic mass is 9.92. The summed E-state index contributed by atoms with van der Waals surface area (Å²) in [6, 6.07) is 7.53. The van der Waals surface area contributed by atoms with Gasteiger partial charge in [0.2, 0.25) is 0 Å². The maximum absolute atomic E-state index is 13.3. The highest BCUT2D eigenvalue weighted by atomic mass is 19.1. The number of rotatable bonds is 4. The second kappa shape index (κ2) is 6.19. The molecule has 1 aromatic carbocycles. The van der Waals surface area contributed by atoms with Gasteiger partial charge >= 0.3 is 0 Å². The number of hydrogen-bond donors (Lipinski definition) is 1. The van der Waals surface area contributed by atoms with Gasteiger partial charge in [-0.3, -0.25) is 0 Å². The number of nitrogens with zero attached hydrogens (tertiary/aromatic N) is 1. The van der Waals surface area contributed by atoms with Crippen molar-refractivity contribution in [3.05, 3.63) is 30.1 Å². The minimum absolute atomic E-state index is 0.148. The molecule has 2 rings (SSSR count). The predicted octanol–water partition coefficient (Wildman–Crippen LogP) is 3.04. The third kappa shape index (κ3) is 3.45. The Kier molecular flexibility index (Phi) is 4.59. The van der Waals surface area contributed by atoms with Crippen molar-refractivity contribution in [3.63, 3.8) is 0 Å². The summed E-state index contributed by atoms with van der Waals surface area (Å²) in [5.74, 6) is 0.564. The number of piperidine rings is 1. The molecule has 1 saturated heterocycles. The van der Waals surface area contributed by atoms with Gasteiger partial charge in [0.1, 0.15) is 5.82 Å². The molecule has 1 aromatic rings. The first-order valence-corrected chi connectivity index (χ1v) is 6.93. The van der Waals surface area contributed by atoms with Gasteiger partial charge in [0.25, 0.3) is 0 Å². The van der Waals surface area contributed by atoms with Crippen LogP contribution >= 0.6 is 0 Å². The lowest BCUT2D eigenvalue weighted by molar-refractivity contribution is 0.317. The van der Waals surface area contributed by atoms with Gasteiger partial charge in [0, 0.05) is 24.8 Å². The third-order valence-electron chi connectivity index (χ3n) is 3.77. The topological polar surface area (TPSA) is 15.3 Å². The number of anilines is 1. The normalized spacial score (nSPS) is 23.9. The summed E-state index contributed by atoms with van der Waals surface area (Å²) in [5.41, 5.74) is 1.00. The zero-order valence-electron chi connectivity index (χ0n) is 11.3. The monoisotopic (exact) mass is 250 g/mol. The molecule has 18 heavy (non-hydrogen) atoms. The van der Waals surface area contributed by atoms with Crippen LogP contribution in [0.5, 0.6) is 0 Å². The summed E-state index contributed by atoms with van der Waals surface area (Å²) in [6.45, 7) is 7.44. The quantitative estimate of drug-likeness (QED) is 0.883. The van der Waals surface area contributed by atoms with Crippen LogP contribution in [0, 0.1) is 11.7 Å². The van der Waals surface area contributed by atoms with E-state index in [0.717, 1.165) is 25.3 Å². The minimum Gasteiger partial charge on any atom is -0.371 e. The fourth-order valence-electron chi connectivity index (χ4n) is 2.80. The van der Waals surface area contributed by atoms with Crippen LogP contribution in [0.25, 0.3) is 0 Å². The molecule has 0 radical (unpaired) electrons. The Bertz CT molecular complexity index is 381. The molecule has 1 N–H and O–H groups in total. The van der Waals surface area contributed by atoms with Crippen LogP contribution in [0.1, 0.15) is 26.7 Å². The van der Waals surface area contributed by atoms with Gasteiger partial charge in [-0.1, -0.05) is 6.07 Å². The van der Waals surface area contributed by atoms with Gasteiger partial charge < -0.3 is 10.2 Å². The summed E-state index contributed by atoms with van der Waals surface area (Å²) >= 11 is 0. The molecule has 1 heterocycles. The highest BCUT2D eigenvalue weighted by Crippen LogP contribution is 2.22. The largest absolute Gasteiger partial charge is 0.371 e. The van der Waals surface area contributed by atoms with Crippen molar-refractivity contribution >= 4 is 5.69 Å². The lowest BCUT2D eigenvalue weighted by Crippen LogP contribution is -2.40. The lowest BCUT2D eigenvalue weighted by Gasteiger charge is -2.33. The molecule has 0 amide bonds. The van der Waals surface area contributed by atoms with E-state index in [-0.39, 0.29) is 5.82 Å². The smallest absolute Gasteiger partial charge is 0.125 e. The minimum atomic E-state index is -0.148. The zero-order chi connectivity index (χ0) is 13.0. The zero-order valence-corrected chi connectivity index (χ0v) is 11.3. The molecule has 0 bridgehead atoms. The average Bonchev–Trinajstić information content (AvgIpc) is 2.36. The van der Waals surface area contributed by atoms with Crippen LogP contribution in [0.2, 0.25) is 0 Å². The Morgan fingerprint density at radius 1 is 1.44 bits per heavy atom. The molecule has 1 aliphatic rings. The number of nitrogens with one attached hydrogen (secondary N) is 1. The molecule has 0 aliphatic carbocycles. The van der Waals surface area contributed by atoms with Crippen molar-refractivity contribution < 1.29 is 4.39 Å². The molecule has 0 spiro atoms. The summed E-state index contributed by atoms with van der Waals surface area (Å²) in [7, 11) is 0. The van der Waals surface area contributed by atoms with E-state index in [1.807, 2.05) is 6.07 Å². The summed E-state index contributed by atoms with van der Waals surface area (Å²) in [4.78, 5) is 2.28. The van der Waals surface area contributed by atoms with Gasteiger partial charge in [0.05, 0.1) is 0 Å².